The molecule has 0 aromatic carbocycles. The van der Waals surface area contributed by atoms with E-state index in [-0.39, 0.29) is 23.6 Å². The van der Waals surface area contributed by atoms with Gasteiger partial charge in [0.15, 0.2) is 0 Å². The molecule has 2 fully saturated rings. The molecule has 0 aliphatic carbocycles. The fourth-order valence-electron chi connectivity index (χ4n) is 4.40. The Morgan fingerprint density at radius 2 is 1.91 bits per heavy atom. The summed E-state index contributed by atoms with van der Waals surface area (Å²) in [5.41, 5.74) is 1.04. The smallest absolute Gasteiger partial charge is 0.270 e. The molecule has 1 N–H and O–H groups in total. The van der Waals surface area contributed by atoms with E-state index in [9.17, 15) is 20.0 Å². The number of pyridine rings is 1. The minimum absolute atomic E-state index is 0.0907. The largest absolute Gasteiger partial charge is 0.395 e. The number of β-amino-alcohol motifs (C(OH)–C–C–N with tert-alkyl or cyclic N) is 1. The number of thiocarbonyl (C=S) groups is 1. The Bertz CT molecular complexity index is 1090. The monoisotopic (exact) mass is 519 g/mol. The standard InChI is InChI=1S/C24H33N5O4S2/c1-4-28-21(27-10-8-26(9-11-27)12-13-30)18(17(3)19(16-25)22(28)31)15-20-23(32)29(24(34)35-20)7-6-14-33-5-2/h15,30H,4-14H2,1-3H3/b20-15-. The van der Waals surface area contributed by atoms with Gasteiger partial charge in [-0.25, -0.2) is 0 Å². The molecule has 3 rings (SSSR count). The molecule has 2 saturated heterocycles. The van der Waals surface area contributed by atoms with Crippen molar-refractivity contribution >= 4 is 46.1 Å². The van der Waals surface area contributed by atoms with Gasteiger partial charge >= 0.3 is 0 Å². The number of carbonyl (C=O) groups is 1. The molecule has 0 unspecified atom stereocenters. The number of thioether (sulfide) groups is 1. The molecule has 2 aliphatic heterocycles. The highest BCUT2D eigenvalue weighted by molar-refractivity contribution is 8.26. The van der Waals surface area contributed by atoms with Crippen LogP contribution in [0.4, 0.5) is 5.82 Å². The maximum Gasteiger partial charge on any atom is 0.270 e. The summed E-state index contributed by atoms with van der Waals surface area (Å²) in [5.74, 6) is 0.557. The number of carbonyl (C=O) groups excluding carboxylic acids is 1. The van der Waals surface area contributed by atoms with E-state index in [1.54, 1.807) is 22.5 Å². The molecular formula is C24H33N5O4S2. The zero-order valence-electron chi connectivity index (χ0n) is 20.6. The topological polar surface area (TPSA) is 102 Å². The lowest BCUT2D eigenvalue weighted by Crippen LogP contribution is -2.49. The van der Waals surface area contributed by atoms with Crippen LogP contribution in [0.15, 0.2) is 9.70 Å². The van der Waals surface area contributed by atoms with Crippen LogP contribution in [0.2, 0.25) is 0 Å². The van der Waals surface area contributed by atoms with Crippen LogP contribution in [-0.4, -0.2) is 88.8 Å². The van der Waals surface area contributed by atoms with Crippen molar-refractivity contribution in [3.63, 3.8) is 0 Å². The fourth-order valence-corrected chi connectivity index (χ4v) is 5.69. The van der Waals surface area contributed by atoms with Crippen molar-refractivity contribution in [2.24, 2.45) is 0 Å². The van der Waals surface area contributed by atoms with Gasteiger partial charge in [0.25, 0.3) is 11.5 Å². The Labute approximate surface area is 215 Å². The van der Waals surface area contributed by atoms with Crippen molar-refractivity contribution in [3.8, 4) is 6.07 Å². The maximum atomic E-state index is 13.2. The summed E-state index contributed by atoms with van der Waals surface area (Å²) in [6, 6.07) is 2.07. The Kier molecular flexibility index (Phi) is 9.89. The van der Waals surface area contributed by atoms with Crippen molar-refractivity contribution in [2.75, 3.05) is 64.0 Å². The Morgan fingerprint density at radius 3 is 2.51 bits per heavy atom. The van der Waals surface area contributed by atoms with E-state index in [0.717, 1.165) is 18.9 Å². The number of hydrogen-bond donors (Lipinski definition) is 1. The Balaban J connectivity index is 2.02. The average molecular weight is 520 g/mol. The van der Waals surface area contributed by atoms with Crippen molar-refractivity contribution < 1.29 is 14.6 Å². The number of nitriles is 1. The molecule has 0 radical (unpaired) electrons. The van der Waals surface area contributed by atoms with Gasteiger partial charge < -0.3 is 14.7 Å². The van der Waals surface area contributed by atoms with Gasteiger partial charge in [0.05, 0.1) is 11.5 Å². The molecule has 3 heterocycles. The molecule has 0 spiro atoms. The number of anilines is 1. The van der Waals surface area contributed by atoms with Gasteiger partial charge in [-0.1, -0.05) is 24.0 Å². The number of piperazine rings is 1. The number of aliphatic hydroxyl groups is 1. The summed E-state index contributed by atoms with van der Waals surface area (Å²) >= 11 is 6.72. The highest BCUT2D eigenvalue weighted by Gasteiger charge is 2.33. The van der Waals surface area contributed by atoms with Crippen LogP contribution < -0.4 is 10.5 Å². The number of aromatic nitrogens is 1. The number of ether oxygens (including phenoxy) is 1. The molecule has 9 nitrogen and oxygen atoms in total. The van der Waals surface area contributed by atoms with Crippen LogP contribution in [0.3, 0.4) is 0 Å². The molecule has 1 amide bonds. The number of hydrogen-bond acceptors (Lipinski definition) is 9. The SMILES string of the molecule is CCOCCCN1C(=O)/C(=C/c2c(C)c(C#N)c(=O)n(CC)c2N2CCN(CCO)CC2)SC1=S. The van der Waals surface area contributed by atoms with Gasteiger partial charge in [-0.3, -0.25) is 24.0 Å². The lowest BCUT2D eigenvalue weighted by Gasteiger charge is -2.37. The van der Waals surface area contributed by atoms with Crippen LogP contribution in [-0.2, 0) is 16.1 Å². The molecule has 0 saturated carbocycles. The third-order valence-electron chi connectivity index (χ3n) is 6.27. The maximum absolute atomic E-state index is 13.2. The molecule has 0 atom stereocenters. The molecule has 2 aliphatic rings. The molecule has 35 heavy (non-hydrogen) atoms. The van der Waals surface area contributed by atoms with E-state index >= 15 is 0 Å². The first-order valence-corrected chi connectivity index (χ1v) is 13.2. The summed E-state index contributed by atoms with van der Waals surface area (Å²) in [5, 5.41) is 19.0. The first-order chi connectivity index (χ1) is 16.9. The van der Waals surface area contributed by atoms with E-state index < -0.39 is 0 Å². The Hall–Kier alpha value is -2.23. The van der Waals surface area contributed by atoms with E-state index in [2.05, 4.69) is 15.9 Å². The lowest BCUT2D eigenvalue weighted by molar-refractivity contribution is -0.122. The van der Waals surface area contributed by atoms with E-state index in [0.29, 0.717) is 72.7 Å². The number of rotatable bonds is 10. The third-order valence-corrected chi connectivity index (χ3v) is 7.65. The van der Waals surface area contributed by atoms with Gasteiger partial charge in [-0.15, -0.1) is 0 Å². The summed E-state index contributed by atoms with van der Waals surface area (Å²) in [7, 11) is 0. The number of nitrogens with zero attached hydrogens (tertiary/aromatic N) is 5. The minimum atomic E-state index is -0.319. The van der Waals surface area contributed by atoms with Crippen LogP contribution in [0, 0.1) is 18.3 Å². The summed E-state index contributed by atoms with van der Waals surface area (Å²) in [4.78, 5) is 32.7. The van der Waals surface area contributed by atoms with E-state index in [4.69, 9.17) is 17.0 Å². The van der Waals surface area contributed by atoms with Gasteiger partial charge in [0.2, 0.25) is 0 Å². The first-order valence-electron chi connectivity index (χ1n) is 12.0. The van der Waals surface area contributed by atoms with E-state index in [1.807, 2.05) is 13.8 Å². The van der Waals surface area contributed by atoms with Crippen molar-refractivity contribution in [2.45, 2.75) is 33.7 Å². The first kappa shape index (κ1) is 27.4. The second kappa shape index (κ2) is 12.6. The van der Waals surface area contributed by atoms with Gasteiger partial charge in [-0.2, -0.15) is 5.26 Å². The third kappa shape index (κ3) is 5.95. The van der Waals surface area contributed by atoms with Crippen LogP contribution in [0.5, 0.6) is 0 Å². The van der Waals surface area contributed by atoms with Gasteiger partial charge in [0, 0.05) is 64.6 Å². The number of amides is 1. The van der Waals surface area contributed by atoms with Gasteiger partial charge in [0.1, 0.15) is 21.8 Å². The van der Waals surface area contributed by atoms with Crippen LogP contribution >= 0.6 is 24.0 Å². The predicted octanol–water partition coefficient (Wildman–Crippen LogP) is 1.79. The molecule has 0 bridgehead atoms. The molecule has 11 heteroatoms. The zero-order chi connectivity index (χ0) is 25.5. The lowest BCUT2D eigenvalue weighted by atomic mass is 10.0. The van der Waals surface area contributed by atoms with Crippen molar-refractivity contribution in [1.82, 2.24) is 14.4 Å². The summed E-state index contributed by atoms with van der Waals surface area (Å²) in [6.45, 7) is 11.2. The molecule has 1 aromatic rings. The average Bonchev–Trinajstić information content (AvgIpc) is 3.11. The highest BCUT2D eigenvalue weighted by Crippen LogP contribution is 2.36. The number of aliphatic hydroxyl groups excluding tert-OH is 1. The van der Waals surface area contributed by atoms with Crippen LogP contribution in [0.25, 0.3) is 6.08 Å². The van der Waals surface area contributed by atoms with Crippen molar-refractivity contribution in [1.29, 1.82) is 5.26 Å². The minimum Gasteiger partial charge on any atom is -0.395 e. The second-order valence-corrected chi connectivity index (χ2v) is 10.0. The summed E-state index contributed by atoms with van der Waals surface area (Å²) < 4.78 is 7.51. The molecular weight excluding hydrogens is 486 g/mol. The quantitative estimate of drug-likeness (QED) is 0.282. The predicted molar refractivity (Wildman–Crippen MR) is 143 cm³/mol. The summed E-state index contributed by atoms with van der Waals surface area (Å²) in [6.07, 6.45) is 2.48. The van der Waals surface area contributed by atoms with Crippen molar-refractivity contribution in [3.05, 3.63) is 31.9 Å². The highest BCUT2D eigenvalue weighted by atomic mass is 32.2. The molecule has 190 valence electrons. The zero-order valence-corrected chi connectivity index (χ0v) is 22.2. The fraction of sp³-hybridized carbons (Fsp3) is 0.583. The van der Waals surface area contributed by atoms with E-state index in [1.165, 1.54) is 11.8 Å². The molecule has 1 aromatic heterocycles. The normalized spacial score (nSPS) is 18.1. The second-order valence-electron chi connectivity index (χ2n) is 8.33. The van der Waals surface area contributed by atoms with Gasteiger partial charge in [-0.05, 0) is 38.8 Å². The van der Waals surface area contributed by atoms with Crippen LogP contribution in [0.1, 0.15) is 37.0 Å². The Morgan fingerprint density at radius 1 is 1.20 bits per heavy atom.